The molecule has 0 aromatic heterocycles. The van der Waals surface area contributed by atoms with Gasteiger partial charge in [0.25, 0.3) is 10.1 Å². The summed E-state index contributed by atoms with van der Waals surface area (Å²) in [5.74, 6) is -2.01. The molecule has 348 valence electrons. The van der Waals surface area contributed by atoms with Crippen molar-refractivity contribution in [3.8, 4) is 0 Å². The summed E-state index contributed by atoms with van der Waals surface area (Å²) in [6.07, 6.45) is 34.4. The number of hydrogen-bond donors (Lipinski definition) is 4. The van der Waals surface area contributed by atoms with Crippen molar-refractivity contribution >= 4 is 22.1 Å². The molecule has 0 amide bonds. The van der Waals surface area contributed by atoms with E-state index in [-0.39, 0.29) is 19.4 Å². The first-order chi connectivity index (χ1) is 29.0. The number of aliphatic hydroxyl groups is 3. The lowest BCUT2D eigenvalue weighted by Gasteiger charge is -2.40. The first-order valence-electron chi connectivity index (χ1n) is 23.2. The Morgan fingerprint density at radius 1 is 0.583 bits per heavy atom. The van der Waals surface area contributed by atoms with Crippen molar-refractivity contribution in [2.24, 2.45) is 0 Å². The summed E-state index contributed by atoms with van der Waals surface area (Å²) in [6, 6.07) is 0. The van der Waals surface area contributed by atoms with Gasteiger partial charge in [0.15, 0.2) is 12.4 Å². The molecule has 1 saturated heterocycles. The zero-order valence-corrected chi connectivity index (χ0v) is 37.9. The molecule has 0 radical (unpaired) electrons. The van der Waals surface area contributed by atoms with E-state index in [1.807, 2.05) is 0 Å². The molecule has 2 unspecified atom stereocenters. The van der Waals surface area contributed by atoms with Crippen LogP contribution in [0.4, 0.5) is 0 Å². The Kier molecular flexibility index (Phi) is 34.5. The van der Waals surface area contributed by atoms with Gasteiger partial charge in [0.1, 0.15) is 36.8 Å². The van der Waals surface area contributed by atoms with Crippen LogP contribution in [-0.2, 0) is 38.7 Å². The summed E-state index contributed by atoms with van der Waals surface area (Å²) in [5.41, 5.74) is 0. The van der Waals surface area contributed by atoms with Gasteiger partial charge in [-0.2, -0.15) is 8.42 Å². The van der Waals surface area contributed by atoms with Gasteiger partial charge in [0, 0.05) is 12.8 Å². The van der Waals surface area contributed by atoms with E-state index in [2.05, 4.69) is 62.5 Å². The Morgan fingerprint density at radius 2 is 1.05 bits per heavy atom. The summed E-state index contributed by atoms with van der Waals surface area (Å²) in [6.45, 7) is 3.63. The fraction of sp³-hybridized carbons (Fsp3) is 0.787. The predicted octanol–water partition coefficient (Wildman–Crippen LogP) is 9.56. The number of unbranched alkanes of at least 4 members (excludes halogenated alkanes) is 18. The number of carbonyl (C=O) groups excluding carboxylic acids is 2. The molecule has 0 saturated carbocycles. The minimum Gasteiger partial charge on any atom is -0.462 e. The molecule has 12 nitrogen and oxygen atoms in total. The van der Waals surface area contributed by atoms with E-state index >= 15 is 0 Å². The molecular formula is C47H82O12S. The quantitative estimate of drug-likeness (QED) is 0.0200. The van der Waals surface area contributed by atoms with Crippen LogP contribution in [0.5, 0.6) is 0 Å². The minimum absolute atomic E-state index is 0.143. The molecule has 1 fully saturated rings. The van der Waals surface area contributed by atoms with Crippen molar-refractivity contribution < 1.29 is 56.8 Å². The topological polar surface area (TPSA) is 186 Å². The number of esters is 2. The normalized spacial score (nSPS) is 20.5. The van der Waals surface area contributed by atoms with Crippen LogP contribution in [0.15, 0.2) is 48.6 Å². The Bertz CT molecular complexity index is 1300. The van der Waals surface area contributed by atoms with Crippen LogP contribution in [0.3, 0.4) is 0 Å². The van der Waals surface area contributed by atoms with Gasteiger partial charge >= 0.3 is 11.9 Å². The fourth-order valence-corrected chi connectivity index (χ4v) is 7.49. The molecule has 60 heavy (non-hydrogen) atoms. The highest BCUT2D eigenvalue weighted by atomic mass is 32.2. The first kappa shape index (κ1) is 55.6. The summed E-state index contributed by atoms with van der Waals surface area (Å²) < 4.78 is 54.1. The van der Waals surface area contributed by atoms with Crippen molar-refractivity contribution in [1.29, 1.82) is 0 Å². The summed E-state index contributed by atoms with van der Waals surface area (Å²) in [5, 5.41) is 30.9. The zero-order chi connectivity index (χ0) is 44.1. The SMILES string of the molecule is CC/C=C/C/C=C/C/C=C/CCCCCCCC(=O)O[C@H](COC(=O)CCCCCCCCC/C=C/CCCCCCCC)CO[C@H]1O[C@H](CS(=O)(=O)O)[C@@H](O)C(O)C1O. The molecule has 0 aromatic rings. The number of hydrogen-bond acceptors (Lipinski definition) is 11. The second-order valence-electron chi connectivity index (χ2n) is 16.0. The van der Waals surface area contributed by atoms with Gasteiger partial charge in [-0.1, -0.05) is 146 Å². The van der Waals surface area contributed by atoms with Crippen molar-refractivity contribution in [3.63, 3.8) is 0 Å². The van der Waals surface area contributed by atoms with Crippen LogP contribution in [0.2, 0.25) is 0 Å². The molecular weight excluding hydrogens is 789 g/mol. The average Bonchev–Trinajstić information content (AvgIpc) is 3.21. The molecule has 4 N–H and O–H groups in total. The summed E-state index contributed by atoms with van der Waals surface area (Å²) in [4.78, 5) is 25.4. The molecule has 0 bridgehead atoms. The lowest BCUT2D eigenvalue weighted by Crippen LogP contribution is -2.60. The largest absolute Gasteiger partial charge is 0.462 e. The van der Waals surface area contributed by atoms with Crippen LogP contribution in [-0.4, -0.2) is 96.0 Å². The Balaban J connectivity index is 2.44. The maximum Gasteiger partial charge on any atom is 0.306 e. The number of allylic oxidation sites excluding steroid dienone is 8. The van der Waals surface area contributed by atoms with Gasteiger partial charge in [-0.15, -0.1) is 0 Å². The van der Waals surface area contributed by atoms with Gasteiger partial charge in [-0.25, -0.2) is 0 Å². The maximum absolute atomic E-state index is 12.8. The van der Waals surface area contributed by atoms with E-state index in [4.69, 9.17) is 18.9 Å². The Hall–Kier alpha value is -2.39. The smallest absolute Gasteiger partial charge is 0.306 e. The first-order valence-corrected chi connectivity index (χ1v) is 24.8. The van der Waals surface area contributed by atoms with Crippen LogP contribution in [0.1, 0.15) is 181 Å². The summed E-state index contributed by atoms with van der Waals surface area (Å²) in [7, 11) is -4.61. The molecule has 0 spiro atoms. The van der Waals surface area contributed by atoms with Crippen LogP contribution in [0.25, 0.3) is 0 Å². The maximum atomic E-state index is 12.8. The standard InChI is InChI=1S/C47H82O12S/c1-3-5-7-9-11-13-15-17-19-20-22-23-25-27-29-31-33-35-42(48)56-37-40(38-57-47-46(52)45(51)44(50)41(59-47)39-60(53,54)55)58-43(49)36-34-32-30-28-26-24-21-18-16-14-12-10-8-6-4-2/h6,8,12,14,17-19,21,40-41,44-47,50-52H,3-5,7,9-11,13,15-16,20,22-39H2,1-2H3,(H,53,54,55)/b8-6+,14-12+,19-17+,21-18+/t40-,41-,44-,45?,46?,47+/m1/s1. The van der Waals surface area contributed by atoms with Crippen LogP contribution >= 0.6 is 0 Å². The van der Waals surface area contributed by atoms with Crippen molar-refractivity contribution in [2.75, 3.05) is 19.0 Å². The average molecular weight is 871 g/mol. The predicted molar refractivity (Wildman–Crippen MR) is 238 cm³/mol. The highest BCUT2D eigenvalue weighted by molar-refractivity contribution is 7.85. The molecule has 0 aliphatic carbocycles. The second-order valence-corrected chi connectivity index (χ2v) is 17.5. The van der Waals surface area contributed by atoms with E-state index in [0.717, 1.165) is 77.0 Å². The number of rotatable bonds is 38. The molecule has 6 atom stereocenters. The summed E-state index contributed by atoms with van der Waals surface area (Å²) >= 11 is 0. The van der Waals surface area contributed by atoms with Crippen LogP contribution in [0, 0.1) is 0 Å². The Morgan fingerprint density at radius 3 is 1.58 bits per heavy atom. The van der Waals surface area contributed by atoms with Gasteiger partial charge in [-0.05, 0) is 70.6 Å². The van der Waals surface area contributed by atoms with Crippen molar-refractivity contribution in [1.82, 2.24) is 0 Å². The lowest BCUT2D eigenvalue weighted by molar-refractivity contribution is -0.297. The molecule has 1 aliphatic heterocycles. The zero-order valence-electron chi connectivity index (χ0n) is 37.1. The van der Waals surface area contributed by atoms with E-state index in [9.17, 15) is 37.9 Å². The third-order valence-electron chi connectivity index (χ3n) is 10.4. The Labute approximate surface area is 363 Å². The molecule has 1 aliphatic rings. The van der Waals surface area contributed by atoms with E-state index in [1.165, 1.54) is 64.2 Å². The van der Waals surface area contributed by atoms with Gasteiger partial charge < -0.3 is 34.3 Å². The monoisotopic (exact) mass is 871 g/mol. The van der Waals surface area contributed by atoms with Gasteiger partial charge in [0.05, 0.1) is 6.61 Å². The minimum atomic E-state index is -4.61. The third-order valence-corrected chi connectivity index (χ3v) is 11.1. The molecule has 1 heterocycles. The van der Waals surface area contributed by atoms with Gasteiger partial charge in [-0.3, -0.25) is 14.1 Å². The van der Waals surface area contributed by atoms with E-state index in [1.54, 1.807) is 0 Å². The molecule has 13 heteroatoms. The number of ether oxygens (including phenoxy) is 4. The number of aliphatic hydroxyl groups excluding tert-OH is 3. The van der Waals surface area contributed by atoms with Crippen LogP contribution < -0.4 is 0 Å². The van der Waals surface area contributed by atoms with E-state index < -0.39 is 71.2 Å². The van der Waals surface area contributed by atoms with Gasteiger partial charge in [0.2, 0.25) is 0 Å². The highest BCUT2D eigenvalue weighted by Gasteiger charge is 2.46. The molecule has 1 rings (SSSR count). The number of carbonyl (C=O) groups is 2. The second kappa shape index (κ2) is 37.2. The fourth-order valence-electron chi connectivity index (χ4n) is 6.80. The lowest BCUT2D eigenvalue weighted by atomic mass is 10.00. The third kappa shape index (κ3) is 31.5. The van der Waals surface area contributed by atoms with Crippen molar-refractivity contribution in [3.05, 3.63) is 48.6 Å². The molecule has 0 aromatic carbocycles. The van der Waals surface area contributed by atoms with Crippen molar-refractivity contribution in [2.45, 2.75) is 218 Å². The van der Waals surface area contributed by atoms with E-state index in [0.29, 0.717) is 12.8 Å². The highest BCUT2D eigenvalue weighted by Crippen LogP contribution is 2.24.